The summed E-state index contributed by atoms with van der Waals surface area (Å²) in [4.78, 5) is 11.7. The summed E-state index contributed by atoms with van der Waals surface area (Å²) in [6.07, 6.45) is 3.35. The van der Waals surface area contributed by atoms with Crippen LogP contribution < -0.4 is 11.1 Å². The summed E-state index contributed by atoms with van der Waals surface area (Å²) in [5.41, 5.74) is 3.49. The highest BCUT2D eigenvalue weighted by molar-refractivity contribution is 5.74. The van der Waals surface area contributed by atoms with Gasteiger partial charge in [0.15, 0.2) is 5.58 Å². The number of nitrogens with one attached hydrogen (secondary N) is 1. The highest BCUT2D eigenvalue weighted by Gasteiger charge is 2.16. The molecule has 0 spiro atoms. The fraction of sp³-hybridized carbons (Fsp3) is 0.267. The number of rotatable bonds is 4. The van der Waals surface area contributed by atoms with Gasteiger partial charge in [-0.15, -0.1) is 0 Å². The van der Waals surface area contributed by atoms with Crippen LogP contribution in [0.2, 0.25) is 0 Å². The molecule has 104 valence electrons. The average molecular weight is 272 g/mol. The number of furan rings is 1. The Morgan fingerprint density at radius 3 is 2.80 bits per heavy atom. The zero-order valence-electron chi connectivity index (χ0n) is 11.4. The van der Waals surface area contributed by atoms with Crippen molar-refractivity contribution < 1.29 is 8.83 Å². The predicted molar refractivity (Wildman–Crippen MR) is 75.8 cm³/mol. The number of benzene rings is 1. The van der Waals surface area contributed by atoms with Gasteiger partial charge in [0.1, 0.15) is 0 Å². The van der Waals surface area contributed by atoms with Crippen molar-refractivity contribution in [3.8, 4) is 0 Å². The van der Waals surface area contributed by atoms with Crippen LogP contribution in [0.5, 0.6) is 0 Å². The second-order valence-corrected chi connectivity index (χ2v) is 4.62. The lowest BCUT2D eigenvalue weighted by Gasteiger charge is -2.14. The van der Waals surface area contributed by atoms with Gasteiger partial charge >= 0.3 is 5.76 Å². The molecule has 1 unspecified atom stereocenters. The zero-order valence-corrected chi connectivity index (χ0v) is 11.4. The normalized spacial score (nSPS) is 12.9. The molecule has 20 heavy (non-hydrogen) atoms. The molecule has 1 aromatic carbocycles. The van der Waals surface area contributed by atoms with Gasteiger partial charge in [0, 0.05) is 12.1 Å². The minimum Gasteiger partial charge on any atom is -0.472 e. The molecular formula is C15H16N2O3. The minimum absolute atomic E-state index is 0.00780. The highest BCUT2D eigenvalue weighted by Crippen LogP contribution is 2.25. The lowest BCUT2D eigenvalue weighted by Crippen LogP contribution is -2.16. The van der Waals surface area contributed by atoms with E-state index in [2.05, 4.69) is 5.32 Å². The number of nitrogens with zero attached hydrogens (tertiary/aromatic N) is 1. The second kappa shape index (κ2) is 5.02. The molecule has 1 N–H and O–H groups in total. The monoisotopic (exact) mass is 272 g/mol. The molecule has 1 atom stereocenters. The van der Waals surface area contributed by atoms with Gasteiger partial charge in [-0.1, -0.05) is 6.07 Å². The van der Waals surface area contributed by atoms with Gasteiger partial charge < -0.3 is 14.2 Å². The lowest BCUT2D eigenvalue weighted by molar-refractivity contribution is 0.512. The molecule has 0 saturated heterocycles. The Balaban J connectivity index is 2.11. The molecule has 0 bridgehead atoms. The molecule has 0 aliphatic heterocycles. The van der Waals surface area contributed by atoms with E-state index in [1.165, 1.54) is 0 Å². The maximum atomic E-state index is 11.7. The van der Waals surface area contributed by atoms with E-state index >= 15 is 0 Å². The molecule has 0 saturated carbocycles. The van der Waals surface area contributed by atoms with Crippen LogP contribution in [0, 0.1) is 0 Å². The van der Waals surface area contributed by atoms with Crippen LogP contribution in [0.4, 0.5) is 0 Å². The van der Waals surface area contributed by atoms with E-state index in [0.29, 0.717) is 12.1 Å². The smallest absolute Gasteiger partial charge is 0.419 e. The SMILES string of the molecule is CCn1c(=O)oc2cc(C(NC)c3ccoc3)ccc21. The third kappa shape index (κ3) is 1.96. The van der Waals surface area contributed by atoms with E-state index in [0.717, 1.165) is 16.6 Å². The first-order chi connectivity index (χ1) is 9.74. The molecule has 5 heteroatoms. The van der Waals surface area contributed by atoms with Crippen molar-refractivity contribution in [1.29, 1.82) is 0 Å². The maximum Gasteiger partial charge on any atom is 0.419 e. The molecule has 0 amide bonds. The number of hydrogen-bond donors (Lipinski definition) is 1. The van der Waals surface area contributed by atoms with E-state index < -0.39 is 0 Å². The third-order valence-electron chi connectivity index (χ3n) is 3.51. The first-order valence-electron chi connectivity index (χ1n) is 6.57. The number of aromatic nitrogens is 1. The summed E-state index contributed by atoms with van der Waals surface area (Å²) in [6, 6.07) is 7.74. The van der Waals surface area contributed by atoms with Crippen molar-refractivity contribution in [2.45, 2.75) is 19.5 Å². The van der Waals surface area contributed by atoms with Crippen molar-refractivity contribution in [1.82, 2.24) is 9.88 Å². The van der Waals surface area contributed by atoms with Crippen LogP contribution in [0.3, 0.4) is 0 Å². The largest absolute Gasteiger partial charge is 0.472 e. The van der Waals surface area contributed by atoms with Crippen LogP contribution in [0.1, 0.15) is 24.1 Å². The number of oxazole rings is 1. The quantitative estimate of drug-likeness (QED) is 0.792. The first-order valence-corrected chi connectivity index (χ1v) is 6.57. The van der Waals surface area contributed by atoms with E-state index in [1.54, 1.807) is 17.1 Å². The van der Waals surface area contributed by atoms with Crippen molar-refractivity contribution in [2.75, 3.05) is 7.05 Å². The predicted octanol–water partition coefficient (Wildman–Crippen LogP) is 2.52. The van der Waals surface area contributed by atoms with E-state index in [-0.39, 0.29) is 11.8 Å². The summed E-state index contributed by atoms with van der Waals surface area (Å²) in [6.45, 7) is 2.52. The number of aryl methyl sites for hydroxylation is 1. The molecule has 0 radical (unpaired) electrons. The second-order valence-electron chi connectivity index (χ2n) is 4.62. The Morgan fingerprint density at radius 1 is 1.30 bits per heavy atom. The van der Waals surface area contributed by atoms with Crippen LogP contribution in [-0.4, -0.2) is 11.6 Å². The van der Waals surface area contributed by atoms with Crippen molar-refractivity contribution in [3.63, 3.8) is 0 Å². The number of fused-ring (bicyclic) bond motifs is 1. The van der Waals surface area contributed by atoms with Crippen LogP contribution in [0.15, 0.2) is 50.4 Å². The van der Waals surface area contributed by atoms with Gasteiger partial charge in [0.25, 0.3) is 0 Å². The van der Waals surface area contributed by atoms with Gasteiger partial charge in [-0.2, -0.15) is 0 Å². The van der Waals surface area contributed by atoms with Gasteiger partial charge in [0.05, 0.1) is 24.1 Å². The molecule has 0 aliphatic carbocycles. The fourth-order valence-electron chi connectivity index (χ4n) is 2.53. The van der Waals surface area contributed by atoms with Gasteiger partial charge in [-0.05, 0) is 37.7 Å². The zero-order chi connectivity index (χ0) is 14.1. The molecule has 3 aromatic rings. The Labute approximate surface area is 115 Å². The molecule has 2 aromatic heterocycles. The fourth-order valence-corrected chi connectivity index (χ4v) is 2.53. The summed E-state index contributed by atoms with van der Waals surface area (Å²) in [5.74, 6) is -0.316. The van der Waals surface area contributed by atoms with Crippen LogP contribution in [-0.2, 0) is 6.54 Å². The Kier molecular flexibility index (Phi) is 3.20. The number of hydrogen-bond acceptors (Lipinski definition) is 4. The van der Waals surface area contributed by atoms with Crippen molar-refractivity contribution in [2.24, 2.45) is 0 Å². The molecule has 5 nitrogen and oxygen atoms in total. The van der Waals surface area contributed by atoms with E-state index in [1.807, 2.05) is 38.2 Å². The summed E-state index contributed by atoms with van der Waals surface area (Å²) in [7, 11) is 1.88. The molecule has 2 heterocycles. The van der Waals surface area contributed by atoms with Gasteiger partial charge in [0.2, 0.25) is 0 Å². The van der Waals surface area contributed by atoms with Crippen LogP contribution >= 0.6 is 0 Å². The van der Waals surface area contributed by atoms with Crippen molar-refractivity contribution >= 4 is 11.1 Å². The third-order valence-corrected chi connectivity index (χ3v) is 3.51. The van der Waals surface area contributed by atoms with Crippen LogP contribution in [0.25, 0.3) is 11.1 Å². The first kappa shape index (κ1) is 12.7. The average Bonchev–Trinajstić information content (AvgIpc) is 3.06. The summed E-state index contributed by atoms with van der Waals surface area (Å²) in [5, 5.41) is 3.23. The van der Waals surface area contributed by atoms with Gasteiger partial charge in [-0.3, -0.25) is 4.57 Å². The minimum atomic E-state index is -0.316. The summed E-state index contributed by atoms with van der Waals surface area (Å²) >= 11 is 0. The summed E-state index contributed by atoms with van der Waals surface area (Å²) < 4.78 is 12.0. The molecular weight excluding hydrogens is 256 g/mol. The molecule has 0 aliphatic rings. The molecule has 3 rings (SSSR count). The lowest BCUT2D eigenvalue weighted by atomic mass is 10.0. The Hall–Kier alpha value is -2.27. The molecule has 0 fully saturated rings. The highest BCUT2D eigenvalue weighted by atomic mass is 16.4. The topological polar surface area (TPSA) is 60.3 Å². The van der Waals surface area contributed by atoms with Crippen molar-refractivity contribution in [3.05, 3.63) is 58.5 Å². The standard InChI is InChI=1S/C15H16N2O3/c1-3-17-12-5-4-10(8-13(12)20-15(17)18)14(16-2)11-6-7-19-9-11/h4-9,14,16H,3H2,1-2H3. The Bertz CT molecular complexity index is 768. The van der Waals surface area contributed by atoms with Gasteiger partial charge in [-0.25, -0.2) is 4.79 Å². The van der Waals surface area contributed by atoms with E-state index in [4.69, 9.17) is 8.83 Å². The Morgan fingerprint density at radius 2 is 2.15 bits per heavy atom. The van der Waals surface area contributed by atoms with E-state index in [9.17, 15) is 4.79 Å². The maximum absolute atomic E-state index is 11.7.